The van der Waals surface area contributed by atoms with Crippen LogP contribution in [0.2, 0.25) is 0 Å². The van der Waals surface area contributed by atoms with Crippen LogP contribution in [0.25, 0.3) is 21.0 Å². The number of thiophene rings is 1. The van der Waals surface area contributed by atoms with E-state index in [-0.39, 0.29) is 0 Å². The van der Waals surface area contributed by atoms with Crippen LogP contribution in [-0.4, -0.2) is 25.2 Å². The second-order valence-electron chi connectivity index (χ2n) is 3.81. The van der Waals surface area contributed by atoms with Crippen molar-refractivity contribution in [3.8, 4) is 21.0 Å². The smallest absolute Gasteiger partial charge is 0.174 e. The number of aromatic amines is 1. The number of hydrogen-bond donors (Lipinski definition) is 2. The van der Waals surface area contributed by atoms with Gasteiger partial charge in [-0.15, -0.1) is 16.4 Å². The second kappa shape index (κ2) is 4.26. The minimum absolute atomic E-state index is 0.424. The van der Waals surface area contributed by atoms with E-state index in [1.54, 1.807) is 11.3 Å². The molecule has 0 aromatic carbocycles. The Labute approximate surface area is 107 Å². The number of aromatic nitrogens is 5. The molecule has 0 aliphatic heterocycles. The summed E-state index contributed by atoms with van der Waals surface area (Å²) >= 11 is 1.63. The molecule has 3 aromatic heterocycles. The number of rotatable bonds is 3. The Morgan fingerprint density at radius 3 is 2.83 bits per heavy atom. The molecule has 0 aliphatic carbocycles. The zero-order valence-corrected chi connectivity index (χ0v) is 10.6. The van der Waals surface area contributed by atoms with Gasteiger partial charge in [0.15, 0.2) is 5.82 Å². The molecule has 0 unspecified atom stereocenters. The number of nitrogens with one attached hydrogen (secondary N) is 1. The van der Waals surface area contributed by atoms with Gasteiger partial charge < -0.3 is 5.73 Å². The van der Waals surface area contributed by atoms with E-state index in [9.17, 15) is 0 Å². The third-order valence-corrected chi connectivity index (χ3v) is 3.80. The third kappa shape index (κ3) is 1.78. The lowest BCUT2D eigenvalue weighted by Gasteiger charge is -1.92. The average molecular weight is 260 g/mol. The van der Waals surface area contributed by atoms with Gasteiger partial charge in [0.2, 0.25) is 0 Å². The second-order valence-corrected chi connectivity index (χ2v) is 4.89. The summed E-state index contributed by atoms with van der Waals surface area (Å²) in [6, 6.07) is 4.04. The third-order valence-electron chi connectivity index (χ3n) is 2.66. The van der Waals surface area contributed by atoms with Crippen molar-refractivity contribution in [3.05, 3.63) is 24.5 Å². The number of anilines is 1. The molecule has 3 aromatic rings. The molecular weight excluding hydrogens is 248 g/mol. The van der Waals surface area contributed by atoms with Crippen molar-refractivity contribution in [2.75, 3.05) is 5.73 Å². The first-order valence-corrected chi connectivity index (χ1v) is 6.39. The van der Waals surface area contributed by atoms with E-state index in [1.165, 1.54) is 0 Å². The maximum Gasteiger partial charge on any atom is 0.174 e. The van der Waals surface area contributed by atoms with Crippen LogP contribution in [0.5, 0.6) is 0 Å². The first-order valence-electron chi connectivity index (χ1n) is 5.57. The van der Waals surface area contributed by atoms with Gasteiger partial charge in [-0.25, -0.2) is 0 Å². The summed E-state index contributed by atoms with van der Waals surface area (Å²) in [5.41, 5.74) is 7.54. The minimum atomic E-state index is 0.424. The number of hydrogen-bond acceptors (Lipinski definition) is 5. The zero-order valence-electron chi connectivity index (χ0n) is 9.79. The number of nitrogen functional groups attached to an aromatic ring is 1. The van der Waals surface area contributed by atoms with Crippen LogP contribution in [0, 0.1) is 0 Å². The average Bonchev–Trinajstić information content (AvgIpc) is 3.07. The van der Waals surface area contributed by atoms with Gasteiger partial charge in [-0.3, -0.25) is 4.68 Å². The minimum Gasteiger partial charge on any atom is -0.380 e. The fourth-order valence-electron chi connectivity index (χ4n) is 1.70. The van der Waals surface area contributed by atoms with Crippen LogP contribution in [0.1, 0.15) is 6.92 Å². The van der Waals surface area contributed by atoms with Crippen LogP contribution < -0.4 is 5.73 Å². The molecule has 3 N–H and O–H groups in total. The molecule has 18 heavy (non-hydrogen) atoms. The molecule has 0 fully saturated rings. The van der Waals surface area contributed by atoms with Crippen LogP contribution in [0.3, 0.4) is 0 Å². The van der Waals surface area contributed by atoms with Crippen molar-refractivity contribution in [3.63, 3.8) is 0 Å². The van der Waals surface area contributed by atoms with Crippen LogP contribution in [0.15, 0.2) is 24.5 Å². The Balaban J connectivity index is 1.96. The molecule has 0 saturated heterocycles. The highest BCUT2D eigenvalue weighted by Crippen LogP contribution is 2.34. The van der Waals surface area contributed by atoms with Crippen molar-refractivity contribution in [2.24, 2.45) is 0 Å². The summed E-state index contributed by atoms with van der Waals surface area (Å²) in [4.78, 5) is 2.15. The highest BCUT2D eigenvalue weighted by atomic mass is 32.1. The monoisotopic (exact) mass is 260 g/mol. The molecule has 0 bridgehead atoms. The standard InChI is InChI=1S/C11H12N6S/c1-2-17-6-7(5-13-17)8-3-4-9(18-8)10-11(12)15-16-14-10/h3-6H,2H2,1H3,(H3,12,14,15,16). The number of nitrogens with zero attached hydrogens (tertiary/aromatic N) is 4. The van der Waals surface area contributed by atoms with E-state index < -0.39 is 0 Å². The zero-order chi connectivity index (χ0) is 12.5. The molecule has 92 valence electrons. The fraction of sp³-hybridized carbons (Fsp3) is 0.182. The number of H-pyrrole nitrogens is 1. The lowest BCUT2D eigenvalue weighted by Crippen LogP contribution is -1.91. The lowest BCUT2D eigenvalue weighted by atomic mass is 10.3. The van der Waals surface area contributed by atoms with E-state index in [4.69, 9.17) is 5.73 Å². The van der Waals surface area contributed by atoms with Crippen LogP contribution in [0.4, 0.5) is 5.82 Å². The van der Waals surface area contributed by atoms with Crippen molar-refractivity contribution in [1.29, 1.82) is 0 Å². The van der Waals surface area contributed by atoms with Gasteiger partial charge in [0.25, 0.3) is 0 Å². The highest BCUT2D eigenvalue weighted by molar-refractivity contribution is 7.18. The summed E-state index contributed by atoms with van der Waals surface area (Å²) in [5, 5.41) is 14.7. The van der Waals surface area contributed by atoms with E-state index in [0.717, 1.165) is 21.9 Å². The lowest BCUT2D eigenvalue weighted by molar-refractivity contribution is 0.660. The van der Waals surface area contributed by atoms with Crippen molar-refractivity contribution in [1.82, 2.24) is 25.2 Å². The molecule has 0 amide bonds. The fourth-order valence-corrected chi connectivity index (χ4v) is 2.68. The first-order chi connectivity index (χ1) is 8.78. The summed E-state index contributed by atoms with van der Waals surface area (Å²) < 4.78 is 1.90. The van der Waals surface area contributed by atoms with Crippen LogP contribution in [-0.2, 0) is 6.54 Å². The predicted octanol–water partition coefficient (Wildman–Crippen LogP) is 2.00. The SMILES string of the molecule is CCn1cc(-c2ccc(-c3n[nH]nc3N)s2)cn1. The first kappa shape index (κ1) is 11.0. The van der Waals surface area contributed by atoms with Gasteiger partial charge in [0, 0.05) is 23.2 Å². The van der Waals surface area contributed by atoms with Crippen molar-refractivity contribution >= 4 is 17.2 Å². The summed E-state index contributed by atoms with van der Waals surface area (Å²) in [5.74, 6) is 0.424. The van der Waals surface area contributed by atoms with Crippen LogP contribution >= 0.6 is 11.3 Å². The Morgan fingerprint density at radius 2 is 2.17 bits per heavy atom. The van der Waals surface area contributed by atoms with Gasteiger partial charge in [-0.05, 0) is 19.1 Å². The molecule has 3 heterocycles. The van der Waals surface area contributed by atoms with Gasteiger partial charge in [0.05, 0.1) is 11.1 Å². The number of aryl methyl sites for hydroxylation is 1. The largest absolute Gasteiger partial charge is 0.380 e. The van der Waals surface area contributed by atoms with Gasteiger partial charge >= 0.3 is 0 Å². The molecule has 0 spiro atoms. The van der Waals surface area contributed by atoms with E-state index >= 15 is 0 Å². The van der Waals surface area contributed by atoms with Gasteiger partial charge in [-0.1, -0.05) is 0 Å². The molecular formula is C11H12N6S. The number of nitrogens with two attached hydrogens (primary N) is 1. The highest BCUT2D eigenvalue weighted by Gasteiger charge is 2.11. The maximum absolute atomic E-state index is 5.73. The maximum atomic E-state index is 5.73. The van der Waals surface area contributed by atoms with Crippen molar-refractivity contribution in [2.45, 2.75) is 13.5 Å². The Bertz CT molecular complexity index is 664. The van der Waals surface area contributed by atoms with Gasteiger partial charge in [0.1, 0.15) is 5.69 Å². The summed E-state index contributed by atoms with van der Waals surface area (Å²) in [7, 11) is 0. The van der Waals surface area contributed by atoms with Crippen molar-refractivity contribution < 1.29 is 0 Å². The topological polar surface area (TPSA) is 85.4 Å². The summed E-state index contributed by atoms with van der Waals surface area (Å²) in [6.07, 6.45) is 3.90. The Kier molecular flexibility index (Phi) is 2.60. The molecule has 3 rings (SSSR count). The Morgan fingerprint density at radius 1 is 1.33 bits per heavy atom. The molecule has 0 aliphatic rings. The normalized spacial score (nSPS) is 10.9. The molecule has 0 saturated carbocycles. The van der Waals surface area contributed by atoms with E-state index in [1.807, 2.05) is 29.2 Å². The predicted molar refractivity (Wildman–Crippen MR) is 71.0 cm³/mol. The van der Waals surface area contributed by atoms with E-state index in [0.29, 0.717) is 11.5 Å². The van der Waals surface area contributed by atoms with E-state index in [2.05, 4.69) is 27.4 Å². The molecule has 6 nitrogen and oxygen atoms in total. The summed E-state index contributed by atoms with van der Waals surface area (Å²) in [6.45, 7) is 2.93. The Hall–Kier alpha value is -2.15. The molecule has 0 radical (unpaired) electrons. The molecule has 0 atom stereocenters. The molecule has 7 heteroatoms. The van der Waals surface area contributed by atoms with Gasteiger partial charge in [-0.2, -0.15) is 15.4 Å². The quantitative estimate of drug-likeness (QED) is 0.754.